The fourth-order valence-corrected chi connectivity index (χ4v) is 4.01. The van der Waals surface area contributed by atoms with Crippen molar-refractivity contribution in [1.82, 2.24) is 10.3 Å². The van der Waals surface area contributed by atoms with E-state index in [2.05, 4.69) is 59.0 Å². The summed E-state index contributed by atoms with van der Waals surface area (Å²) >= 11 is 1.76. The molecule has 0 saturated carbocycles. The maximum atomic E-state index is 4.55. The van der Waals surface area contributed by atoms with Crippen LogP contribution in [0.25, 0.3) is 10.2 Å². The quantitative estimate of drug-likeness (QED) is 0.786. The molecule has 1 aromatic carbocycles. The first kappa shape index (κ1) is 13.0. The van der Waals surface area contributed by atoms with Crippen LogP contribution in [-0.4, -0.2) is 11.0 Å². The third kappa shape index (κ3) is 2.47. The van der Waals surface area contributed by atoms with E-state index >= 15 is 0 Å². The summed E-state index contributed by atoms with van der Waals surface area (Å²) in [5, 5.41) is 5.87. The molecule has 2 aromatic heterocycles. The highest BCUT2D eigenvalue weighted by Crippen LogP contribution is 2.26. The van der Waals surface area contributed by atoms with Gasteiger partial charge in [0.1, 0.15) is 0 Å². The van der Waals surface area contributed by atoms with Crippen molar-refractivity contribution in [3.63, 3.8) is 0 Å². The molecule has 1 unspecified atom stereocenters. The van der Waals surface area contributed by atoms with Gasteiger partial charge < -0.3 is 5.32 Å². The van der Waals surface area contributed by atoms with Gasteiger partial charge in [-0.3, -0.25) is 4.98 Å². The highest BCUT2D eigenvalue weighted by atomic mass is 32.1. The van der Waals surface area contributed by atoms with Gasteiger partial charge >= 0.3 is 0 Å². The van der Waals surface area contributed by atoms with E-state index in [0.29, 0.717) is 12.1 Å². The summed E-state index contributed by atoms with van der Waals surface area (Å²) in [5.41, 5.74) is 5.37. The van der Waals surface area contributed by atoms with Crippen LogP contribution in [0.5, 0.6) is 0 Å². The number of hydrogen-bond acceptors (Lipinski definition) is 3. The van der Waals surface area contributed by atoms with Crippen molar-refractivity contribution < 1.29 is 0 Å². The number of thiophene rings is 1. The van der Waals surface area contributed by atoms with Crippen LogP contribution < -0.4 is 5.32 Å². The third-order valence-corrected chi connectivity index (χ3v) is 5.21. The molecule has 1 aliphatic carbocycles. The van der Waals surface area contributed by atoms with Gasteiger partial charge in [-0.15, -0.1) is 11.3 Å². The first-order valence-corrected chi connectivity index (χ1v) is 8.33. The predicted octanol–water partition coefficient (Wildman–Crippen LogP) is 4.11. The lowest BCUT2D eigenvalue weighted by Crippen LogP contribution is -2.32. The van der Waals surface area contributed by atoms with Crippen LogP contribution in [0, 0.1) is 0 Å². The number of nitrogens with one attached hydrogen (secondary N) is 1. The van der Waals surface area contributed by atoms with E-state index in [4.69, 9.17) is 0 Å². The van der Waals surface area contributed by atoms with E-state index in [0.717, 1.165) is 18.4 Å². The molecule has 4 rings (SSSR count). The van der Waals surface area contributed by atoms with Gasteiger partial charge in [0.05, 0.1) is 10.2 Å². The van der Waals surface area contributed by atoms with Gasteiger partial charge in [0.25, 0.3) is 0 Å². The number of rotatable bonds is 3. The fourth-order valence-electron chi connectivity index (χ4n) is 3.22. The maximum absolute atomic E-state index is 4.55. The Morgan fingerprint density at radius 1 is 1.19 bits per heavy atom. The Morgan fingerprint density at radius 3 is 2.71 bits per heavy atom. The lowest BCUT2D eigenvalue weighted by atomic mass is 10.1. The zero-order chi connectivity index (χ0) is 14.2. The molecule has 3 heteroatoms. The van der Waals surface area contributed by atoms with E-state index in [-0.39, 0.29) is 0 Å². The van der Waals surface area contributed by atoms with Crippen LogP contribution in [0.4, 0.5) is 0 Å². The molecule has 2 nitrogen and oxygen atoms in total. The molecule has 1 atom stereocenters. The Morgan fingerprint density at radius 2 is 1.95 bits per heavy atom. The number of pyridine rings is 1. The molecule has 3 aromatic rings. The van der Waals surface area contributed by atoms with Crippen molar-refractivity contribution in [2.75, 3.05) is 0 Å². The number of fused-ring (bicyclic) bond motifs is 2. The van der Waals surface area contributed by atoms with Gasteiger partial charge in [-0.1, -0.05) is 24.3 Å². The second-order valence-corrected chi connectivity index (χ2v) is 6.78. The highest BCUT2D eigenvalue weighted by molar-refractivity contribution is 7.17. The molecule has 1 N–H and O–H groups in total. The van der Waals surface area contributed by atoms with Crippen molar-refractivity contribution in [3.05, 3.63) is 64.7 Å². The molecule has 0 spiro atoms. The minimum atomic E-state index is 0.336. The van der Waals surface area contributed by atoms with Crippen LogP contribution in [0.1, 0.15) is 29.7 Å². The zero-order valence-corrected chi connectivity index (χ0v) is 12.9. The smallest absolute Gasteiger partial charge is 0.0809 e. The summed E-state index contributed by atoms with van der Waals surface area (Å²) in [5.74, 6) is 0. The lowest BCUT2D eigenvalue weighted by Gasteiger charge is -2.19. The van der Waals surface area contributed by atoms with Gasteiger partial charge in [0, 0.05) is 18.3 Å². The van der Waals surface area contributed by atoms with E-state index in [1.54, 1.807) is 11.3 Å². The molecule has 0 bridgehead atoms. The summed E-state index contributed by atoms with van der Waals surface area (Å²) in [6, 6.07) is 14.0. The SMILES string of the molecule is CC(NC1Cc2ccccc2C1)c1cnc2ccsc2c1. The van der Waals surface area contributed by atoms with Crippen molar-refractivity contribution in [1.29, 1.82) is 0 Å². The topological polar surface area (TPSA) is 24.9 Å². The summed E-state index contributed by atoms with van der Waals surface area (Å²) in [7, 11) is 0. The second-order valence-electron chi connectivity index (χ2n) is 5.83. The van der Waals surface area contributed by atoms with Crippen LogP contribution >= 0.6 is 11.3 Å². The van der Waals surface area contributed by atoms with Gasteiger partial charge in [0.2, 0.25) is 0 Å². The molecular weight excluding hydrogens is 276 g/mol. The van der Waals surface area contributed by atoms with E-state index in [9.17, 15) is 0 Å². The second kappa shape index (κ2) is 5.24. The molecule has 0 saturated heterocycles. The Hall–Kier alpha value is -1.71. The van der Waals surface area contributed by atoms with E-state index in [1.807, 2.05) is 6.20 Å². The first-order valence-electron chi connectivity index (χ1n) is 7.45. The van der Waals surface area contributed by atoms with E-state index in [1.165, 1.54) is 21.4 Å². The Bertz CT molecular complexity index is 752. The molecule has 21 heavy (non-hydrogen) atoms. The molecule has 2 heterocycles. The molecular formula is C18H18N2S. The van der Waals surface area contributed by atoms with Gasteiger partial charge in [-0.25, -0.2) is 0 Å². The summed E-state index contributed by atoms with van der Waals surface area (Å²) < 4.78 is 1.27. The molecule has 1 aliphatic rings. The minimum Gasteiger partial charge on any atom is -0.307 e. The first-order chi connectivity index (χ1) is 10.3. The number of benzene rings is 1. The van der Waals surface area contributed by atoms with Gasteiger partial charge in [-0.05, 0) is 54.0 Å². The zero-order valence-electron chi connectivity index (χ0n) is 12.0. The van der Waals surface area contributed by atoms with Crippen molar-refractivity contribution in [2.45, 2.75) is 31.8 Å². The summed E-state index contributed by atoms with van der Waals surface area (Å²) in [6.45, 7) is 2.24. The van der Waals surface area contributed by atoms with Crippen LogP contribution in [0.2, 0.25) is 0 Å². The molecule has 106 valence electrons. The van der Waals surface area contributed by atoms with Crippen molar-refractivity contribution in [3.8, 4) is 0 Å². The summed E-state index contributed by atoms with van der Waals surface area (Å²) in [6.07, 6.45) is 4.28. The highest BCUT2D eigenvalue weighted by Gasteiger charge is 2.22. The molecule has 0 amide bonds. The Labute approximate surface area is 128 Å². The summed E-state index contributed by atoms with van der Waals surface area (Å²) in [4.78, 5) is 4.55. The average molecular weight is 294 g/mol. The maximum Gasteiger partial charge on any atom is 0.0809 e. The number of aromatic nitrogens is 1. The van der Waals surface area contributed by atoms with E-state index < -0.39 is 0 Å². The Balaban J connectivity index is 1.50. The van der Waals surface area contributed by atoms with Gasteiger partial charge in [-0.2, -0.15) is 0 Å². The van der Waals surface area contributed by atoms with Crippen molar-refractivity contribution in [2.24, 2.45) is 0 Å². The fraction of sp³-hybridized carbons (Fsp3) is 0.278. The monoisotopic (exact) mass is 294 g/mol. The molecule has 0 radical (unpaired) electrons. The average Bonchev–Trinajstić information content (AvgIpc) is 3.11. The van der Waals surface area contributed by atoms with Crippen LogP contribution in [0.15, 0.2) is 48.0 Å². The van der Waals surface area contributed by atoms with Crippen molar-refractivity contribution >= 4 is 21.6 Å². The van der Waals surface area contributed by atoms with Crippen LogP contribution in [-0.2, 0) is 12.8 Å². The minimum absolute atomic E-state index is 0.336. The number of nitrogens with zero attached hydrogens (tertiary/aromatic N) is 1. The Kier molecular flexibility index (Phi) is 3.24. The van der Waals surface area contributed by atoms with Crippen LogP contribution in [0.3, 0.4) is 0 Å². The predicted molar refractivity (Wildman–Crippen MR) is 88.8 cm³/mol. The lowest BCUT2D eigenvalue weighted by molar-refractivity contribution is 0.467. The largest absolute Gasteiger partial charge is 0.307 e. The molecule has 0 aliphatic heterocycles. The molecule has 0 fully saturated rings. The third-order valence-electron chi connectivity index (χ3n) is 4.36. The number of hydrogen-bond donors (Lipinski definition) is 1. The standard InChI is InChI=1S/C18H18N2S/c1-12(15-10-18-17(19-11-15)6-7-21-18)20-16-8-13-4-2-3-5-14(13)9-16/h2-7,10-12,16,20H,8-9H2,1H3. The normalized spacial score (nSPS) is 16.2. The van der Waals surface area contributed by atoms with Gasteiger partial charge in [0.15, 0.2) is 0 Å².